The first-order valence-electron chi connectivity index (χ1n) is 12.7. The lowest BCUT2D eigenvalue weighted by molar-refractivity contribution is -0.137. The average Bonchev–Trinajstić information content (AvgIpc) is 3.06. The van der Waals surface area contributed by atoms with E-state index in [0.29, 0.717) is 31.6 Å². The summed E-state index contributed by atoms with van der Waals surface area (Å²) in [5.41, 5.74) is 0.478. The normalized spacial score (nSPS) is 18.4. The van der Waals surface area contributed by atoms with Gasteiger partial charge in [-0.25, -0.2) is 4.98 Å². The molecule has 2 aliphatic heterocycles. The van der Waals surface area contributed by atoms with Crippen LogP contribution in [0.15, 0.2) is 12.4 Å². The number of rotatable bonds is 8. The Morgan fingerprint density at radius 1 is 1.14 bits per heavy atom. The van der Waals surface area contributed by atoms with Crippen LogP contribution in [0, 0.1) is 6.92 Å². The van der Waals surface area contributed by atoms with Crippen molar-refractivity contribution in [2.45, 2.75) is 64.1 Å². The maximum atomic E-state index is 13.6. The third-order valence-corrected chi connectivity index (χ3v) is 6.89. The molecule has 12 heteroatoms. The van der Waals surface area contributed by atoms with E-state index in [1.807, 2.05) is 17.8 Å². The zero-order valence-electron chi connectivity index (χ0n) is 20.9. The van der Waals surface area contributed by atoms with Crippen LogP contribution in [0.4, 0.5) is 30.6 Å². The first kappa shape index (κ1) is 26.2. The fraction of sp³-hybridized carbons (Fsp3) is 0.667. The molecule has 0 aromatic carbocycles. The van der Waals surface area contributed by atoms with E-state index in [2.05, 4.69) is 37.6 Å². The molecule has 2 fully saturated rings. The minimum absolute atomic E-state index is 0.0687. The van der Waals surface area contributed by atoms with Crippen molar-refractivity contribution >= 4 is 23.4 Å². The van der Waals surface area contributed by atoms with Crippen LogP contribution in [0.25, 0.3) is 0 Å². The number of amides is 1. The number of likely N-dealkylation sites (tertiary alicyclic amines) is 2. The van der Waals surface area contributed by atoms with Crippen molar-refractivity contribution in [1.82, 2.24) is 29.5 Å². The van der Waals surface area contributed by atoms with Crippen LogP contribution >= 0.6 is 0 Å². The zero-order chi connectivity index (χ0) is 25.7. The summed E-state index contributed by atoms with van der Waals surface area (Å²) in [6, 6.07) is 0.289. The largest absolute Gasteiger partial charge is 0.421 e. The molecule has 2 aromatic rings. The van der Waals surface area contributed by atoms with Gasteiger partial charge in [0.25, 0.3) is 0 Å². The molecule has 0 saturated carbocycles. The number of alkyl halides is 3. The molecule has 0 bridgehead atoms. The Morgan fingerprint density at radius 3 is 2.67 bits per heavy atom. The fourth-order valence-corrected chi connectivity index (χ4v) is 4.71. The molecule has 0 spiro atoms. The Kier molecular flexibility index (Phi) is 8.32. The second-order valence-electron chi connectivity index (χ2n) is 9.69. The minimum Gasteiger partial charge on any atom is -0.369 e. The van der Waals surface area contributed by atoms with Crippen LogP contribution in [-0.2, 0) is 11.0 Å². The molecule has 2 N–H and O–H groups in total. The Labute approximate surface area is 209 Å². The van der Waals surface area contributed by atoms with Gasteiger partial charge < -0.3 is 20.4 Å². The summed E-state index contributed by atoms with van der Waals surface area (Å²) in [4.78, 5) is 24.3. The number of halogens is 3. The van der Waals surface area contributed by atoms with Gasteiger partial charge >= 0.3 is 6.18 Å². The number of anilines is 3. The second kappa shape index (κ2) is 11.4. The van der Waals surface area contributed by atoms with Gasteiger partial charge in [-0.15, -0.1) is 0 Å². The minimum atomic E-state index is -4.59. The summed E-state index contributed by atoms with van der Waals surface area (Å²) in [6.07, 6.45) is 4.03. The SMILES string of the molecule is Cc1nn(C2CCN(C)CC2)cc1Nc1ncc(C(F)(F)F)c(NCCCN2CCCCCC2=O)n1. The highest BCUT2D eigenvalue weighted by Crippen LogP contribution is 2.34. The number of nitrogens with one attached hydrogen (secondary N) is 2. The first-order valence-corrected chi connectivity index (χ1v) is 12.7. The molecule has 0 radical (unpaired) electrons. The highest BCUT2D eigenvalue weighted by Gasteiger charge is 2.35. The Balaban J connectivity index is 1.41. The Morgan fingerprint density at radius 2 is 1.92 bits per heavy atom. The van der Waals surface area contributed by atoms with Crippen LogP contribution in [0.2, 0.25) is 0 Å². The topological polar surface area (TPSA) is 91.2 Å². The van der Waals surface area contributed by atoms with Gasteiger partial charge in [0.15, 0.2) is 0 Å². The lowest BCUT2D eigenvalue weighted by atomic mass is 10.1. The van der Waals surface area contributed by atoms with E-state index in [1.54, 1.807) is 4.90 Å². The molecule has 198 valence electrons. The third-order valence-electron chi connectivity index (χ3n) is 6.89. The number of aryl methyl sites for hydroxylation is 1. The van der Waals surface area contributed by atoms with E-state index in [4.69, 9.17) is 0 Å². The summed E-state index contributed by atoms with van der Waals surface area (Å²) < 4.78 is 42.7. The predicted octanol–water partition coefficient (Wildman–Crippen LogP) is 4.22. The van der Waals surface area contributed by atoms with Crippen LogP contribution < -0.4 is 10.6 Å². The van der Waals surface area contributed by atoms with Crippen molar-refractivity contribution in [3.05, 3.63) is 23.7 Å². The Bertz CT molecular complexity index is 1030. The molecule has 0 atom stereocenters. The summed E-state index contributed by atoms with van der Waals surface area (Å²) in [5, 5.41) is 10.5. The summed E-state index contributed by atoms with van der Waals surface area (Å²) >= 11 is 0. The molecule has 36 heavy (non-hydrogen) atoms. The second-order valence-corrected chi connectivity index (χ2v) is 9.69. The predicted molar refractivity (Wildman–Crippen MR) is 131 cm³/mol. The van der Waals surface area contributed by atoms with Gasteiger partial charge in [-0.3, -0.25) is 9.48 Å². The molecular weight excluding hydrogens is 473 g/mol. The van der Waals surface area contributed by atoms with E-state index in [1.165, 1.54) is 0 Å². The van der Waals surface area contributed by atoms with Crippen molar-refractivity contribution < 1.29 is 18.0 Å². The molecular formula is C24H35F3N8O. The molecule has 0 aliphatic carbocycles. The van der Waals surface area contributed by atoms with Crippen LogP contribution in [0.1, 0.15) is 62.2 Å². The average molecular weight is 509 g/mol. The van der Waals surface area contributed by atoms with E-state index in [9.17, 15) is 18.0 Å². The molecule has 4 rings (SSSR count). The van der Waals surface area contributed by atoms with E-state index in [-0.39, 0.29) is 30.3 Å². The molecule has 9 nitrogen and oxygen atoms in total. The zero-order valence-corrected chi connectivity index (χ0v) is 20.9. The summed E-state index contributed by atoms with van der Waals surface area (Å²) in [5.74, 6) is -0.0880. The molecule has 0 unspecified atom stereocenters. The van der Waals surface area contributed by atoms with Gasteiger partial charge in [0.1, 0.15) is 11.4 Å². The van der Waals surface area contributed by atoms with Crippen molar-refractivity contribution in [2.75, 3.05) is 50.4 Å². The number of nitrogens with zero attached hydrogens (tertiary/aromatic N) is 6. The molecule has 2 saturated heterocycles. The lowest BCUT2D eigenvalue weighted by Crippen LogP contribution is -2.32. The maximum Gasteiger partial charge on any atom is 0.421 e. The van der Waals surface area contributed by atoms with Crippen molar-refractivity contribution in [2.24, 2.45) is 0 Å². The van der Waals surface area contributed by atoms with Gasteiger partial charge in [-0.1, -0.05) is 6.42 Å². The van der Waals surface area contributed by atoms with Crippen molar-refractivity contribution in [3.63, 3.8) is 0 Å². The fourth-order valence-electron chi connectivity index (χ4n) is 4.71. The molecule has 2 aliphatic rings. The van der Waals surface area contributed by atoms with E-state index in [0.717, 1.165) is 57.1 Å². The summed E-state index contributed by atoms with van der Waals surface area (Å²) in [6.45, 7) is 5.32. The monoisotopic (exact) mass is 508 g/mol. The van der Waals surface area contributed by atoms with Gasteiger partial charge in [0.2, 0.25) is 11.9 Å². The number of carbonyl (C=O) groups is 1. The van der Waals surface area contributed by atoms with Gasteiger partial charge in [-0.05, 0) is 59.2 Å². The highest BCUT2D eigenvalue weighted by molar-refractivity contribution is 5.76. The van der Waals surface area contributed by atoms with Crippen molar-refractivity contribution in [3.8, 4) is 0 Å². The van der Waals surface area contributed by atoms with Gasteiger partial charge in [0.05, 0.1) is 17.4 Å². The first-order chi connectivity index (χ1) is 17.2. The highest BCUT2D eigenvalue weighted by atomic mass is 19.4. The molecule has 2 aromatic heterocycles. The quantitative estimate of drug-likeness (QED) is 0.516. The number of hydrogen-bond donors (Lipinski definition) is 2. The lowest BCUT2D eigenvalue weighted by Gasteiger charge is -2.28. The number of aromatic nitrogens is 4. The number of carbonyl (C=O) groups excluding carboxylic acids is 1. The van der Waals surface area contributed by atoms with E-state index < -0.39 is 11.7 Å². The van der Waals surface area contributed by atoms with Crippen LogP contribution in [-0.4, -0.2) is 75.2 Å². The Hall–Kier alpha value is -2.89. The van der Waals surface area contributed by atoms with Crippen LogP contribution in [0.5, 0.6) is 0 Å². The molecule has 4 heterocycles. The standard InChI is InChI=1S/C24H35F3N8O/c1-17-20(16-35(32-17)18-8-13-33(2)14-9-18)30-23-29-15-19(24(25,26)27)22(31-23)28-10-6-12-34-11-5-3-4-7-21(34)36/h15-16,18H,3-14H2,1-2H3,(H2,28,29,30,31). The number of piperidine rings is 1. The van der Waals surface area contributed by atoms with Gasteiger partial charge in [-0.2, -0.15) is 23.3 Å². The number of hydrogen-bond acceptors (Lipinski definition) is 7. The summed E-state index contributed by atoms with van der Waals surface area (Å²) in [7, 11) is 2.10. The van der Waals surface area contributed by atoms with Crippen LogP contribution in [0.3, 0.4) is 0 Å². The van der Waals surface area contributed by atoms with Crippen molar-refractivity contribution in [1.29, 1.82) is 0 Å². The van der Waals surface area contributed by atoms with E-state index >= 15 is 0 Å². The molecule has 1 amide bonds. The van der Waals surface area contributed by atoms with Gasteiger partial charge in [0, 0.05) is 38.4 Å². The third kappa shape index (κ3) is 6.65. The maximum absolute atomic E-state index is 13.6. The smallest absolute Gasteiger partial charge is 0.369 e.